The summed E-state index contributed by atoms with van der Waals surface area (Å²) in [7, 11) is 0. The molecule has 0 spiro atoms. The highest BCUT2D eigenvalue weighted by atomic mass is 19.4. The highest BCUT2D eigenvalue weighted by molar-refractivity contribution is 5.95. The molecule has 0 aromatic carbocycles. The van der Waals surface area contributed by atoms with Crippen LogP contribution in [0.15, 0.2) is 12.3 Å². The first kappa shape index (κ1) is 11.2. The van der Waals surface area contributed by atoms with Crippen LogP contribution in [0.3, 0.4) is 0 Å². The predicted molar refractivity (Wildman–Crippen MR) is 39.4 cm³/mol. The molecular formula is C7H4F4N2O2. The fraction of sp³-hybridized carbons (Fsp3) is 0.143. The van der Waals surface area contributed by atoms with Gasteiger partial charge in [-0.15, -0.1) is 13.2 Å². The quantitative estimate of drug-likeness (QED) is 0.606. The standard InChI is InChI=1S/C7H4F4N2O2/c8-5-1-3(6(12)14)4(2-13-5)15-7(9,10)11/h1-2H,(H2,12,14). The van der Waals surface area contributed by atoms with Crippen LogP contribution in [0.25, 0.3) is 0 Å². The van der Waals surface area contributed by atoms with E-state index in [0.29, 0.717) is 12.3 Å². The van der Waals surface area contributed by atoms with Crippen LogP contribution in [0.1, 0.15) is 10.4 Å². The number of amides is 1. The molecular weight excluding hydrogens is 220 g/mol. The van der Waals surface area contributed by atoms with E-state index in [1.54, 1.807) is 0 Å². The number of carbonyl (C=O) groups excluding carboxylic acids is 1. The van der Waals surface area contributed by atoms with E-state index in [1.807, 2.05) is 0 Å². The summed E-state index contributed by atoms with van der Waals surface area (Å²) < 4.78 is 51.3. The van der Waals surface area contributed by atoms with E-state index >= 15 is 0 Å². The van der Waals surface area contributed by atoms with E-state index in [4.69, 9.17) is 5.73 Å². The summed E-state index contributed by atoms with van der Waals surface area (Å²) in [6.07, 6.45) is -4.56. The van der Waals surface area contributed by atoms with Crippen LogP contribution < -0.4 is 10.5 Å². The fourth-order valence-corrected chi connectivity index (χ4v) is 0.816. The number of primary amides is 1. The smallest absolute Gasteiger partial charge is 0.403 e. The Bertz CT molecular complexity index is 391. The molecule has 0 bridgehead atoms. The average molecular weight is 224 g/mol. The van der Waals surface area contributed by atoms with Crippen LogP contribution in [-0.2, 0) is 0 Å². The molecule has 2 N–H and O–H groups in total. The Morgan fingerprint density at radius 1 is 1.47 bits per heavy atom. The van der Waals surface area contributed by atoms with Crippen molar-refractivity contribution in [3.05, 3.63) is 23.8 Å². The van der Waals surface area contributed by atoms with E-state index in [9.17, 15) is 22.4 Å². The van der Waals surface area contributed by atoms with E-state index in [2.05, 4.69) is 9.72 Å². The number of hydrogen-bond donors (Lipinski definition) is 1. The number of carbonyl (C=O) groups is 1. The molecule has 82 valence electrons. The molecule has 15 heavy (non-hydrogen) atoms. The Kier molecular flexibility index (Phi) is 2.78. The zero-order valence-electron chi connectivity index (χ0n) is 7.01. The number of halogens is 4. The van der Waals surface area contributed by atoms with Crippen molar-refractivity contribution in [3.63, 3.8) is 0 Å². The van der Waals surface area contributed by atoms with Crippen molar-refractivity contribution in [2.75, 3.05) is 0 Å². The minimum Gasteiger partial charge on any atom is -0.403 e. The molecule has 0 aliphatic rings. The Labute approximate surface area is 80.7 Å². The molecule has 0 atom stereocenters. The lowest BCUT2D eigenvalue weighted by Gasteiger charge is -2.10. The van der Waals surface area contributed by atoms with Crippen molar-refractivity contribution in [2.45, 2.75) is 6.36 Å². The summed E-state index contributed by atoms with van der Waals surface area (Å²) in [6, 6.07) is 0.462. The van der Waals surface area contributed by atoms with Crippen LogP contribution in [0.4, 0.5) is 17.6 Å². The number of aromatic nitrogens is 1. The summed E-state index contributed by atoms with van der Waals surface area (Å²) in [5, 5.41) is 0. The second-order valence-corrected chi connectivity index (χ2v) is 2.42. The Hall–Kier alpha value is -1.86. The molecule has 8 heteroatoms. The van der Waals surface area contributed by atoms with Crippen molar-refractivity contribution >= 4 is 5.91 Å². The first-order valence-electron chi connectivity index (χ1n) is 3.50. The topological polar surface area (TPSA) is 65.2 Å². The highest BCUT2D eigenvalue weighted by Gasteiger charge is 2.33. The molecule has 0 aliphatic heterocycles. The molecule has 1 aromatic rings. The Balaban J connectivity index is 3.12. The van der Waals surface area contributed by atoms with Gasteiger partial charge in [-0.2, -0.15) is 4.39 Å². The van der Waals surface area contributed by atoms with E-state index in [0.717, 1.165) is 0 Å². The molecule has 0 fully saturated rings. The van der Waals surface area contributed by atoms with Gasteiger partial charge in [0, 0.05) is 6.07 Å². The predicted octanol–water partition coefficient (Wildman–Crippen LogP) is 1.22. The molecule has 0 unspecified atom stereocenters. The van der Waals surface area contributed by atoms with Gasteiger partial charge in [-0.3, -0.25) is 4.79 Å². The molecule has 0 saturated carbocycles. The van der Waals surface area contributed by atoms with Crippen molar-refractivity contribution in [1.82, 2.24) is 4.98 Å². The molecule has 1 heterocycles. The summed E-state index contributed by atoms with van der Waals surface area (Å²) in [5.41, 5.74) is 4.00. The molecule has 1 rings (SSSR count). The molecule has 0 radical (unpaired) electrons. The number of rotatable bonds is 2. The maximum Gasteiger partial charge on any atom is 0.573 e. The van der Waals surface area contributed by atoms with Crippen molar-refractivity contribution < 1.29 is 27.1 Å². The van der Waals surface area contributed by atoms with E-state index in [-0.39, 0.29) is 0 Å². The molecule has 0 saturated heterocycles. The Morgan fingerprint density at radius 2 is 2.07 bits per heavy atom. The minimum atomic E-state index is -5.00. The summed E-state index contributed by atoms with van der Waals surface area (Å²) in [4.78, 5) is 13.5. The normalized spacial score (nSPS) is 11.2. The maximum atomic E-state index is 12.5. The van der Waals surface area contributed by atoms with Crippen LogP contribution in [-0.4, -0.2) is 17.3 Å². The van der Waals surface area contributed by atoms with Crippen molar-refractivity contribution in [2.24, 2.45) is 5.73 Å². The van der Waals surface area contributed by atoms with Crippen molar-refractivity contribution in [3.8, 4) is 5.75 Å². The maximum absolute atomic E-state index is 12.5. The third kappa shape index (κ3) is 3.08. The van der Waals surface area contributed by atoms with Gasteiger partial charge in [-0.05, 0) is 0 Å². The van der Waals surface area contributed by atoms with Gasteiger partial charge in [0.05, 0.1) is 11.8 Å². The van der Waals surface area contributed by atoms with Crippen LogP contribution in [0, 0.1) is 5.95 Å². The van der Waals surface area contributed by atoms with Gasteiger partial charge < -0.3 is 10.5 Å². The first-order valence-corrected chi connectivity index (χ1v) is 3.50. The fourth-order valence-electron chi connectivity index (χ4n) is 0.816. The lowest BCUT2D eigenvalue weighted by molar-refractivity contribution is -0.274. The largest absolute Gasteiger partial charge is 0.573 e. The molecule has 1 amide bonds. The van der Waals surface area contributed by atoms with Gasteiger partial charge in [0.2, 0.25) is 5.95 Å². The molecule has 0 aliphatic carbocycles. The summed E-state index contributed by atoms with van der Waals surface area (Å²) in [6.45, 7) is 0. The van der Waals surface area contributed by atoms with Gasteiger partial charge in [-0.1, -0.05) is 0 Å². The van der Waals surface area contributed by atoms with Crippen LogP contribution in [0.2, 0.25) is 0 Å². The van der Waals surface area contributed by atoms with Crippen LogP contribution >= 0.6 is 0 Å². The van der Waals surface area contributed by atoms with E-state index < -0.39 is 29.5 Å². The first-order chi connectivity index (χ1) is 6.79. The monoisotopic (exact) mass is 224 g/mol. The lowest BCUT2D eigenvalue weighted by atomic mass is 10.2. The lowest BCUT2D eigenvalue weighted by Crippen LogP contribution is -2.21. The summed E-state index contributed by atoms with van der Waals surface area (Å²) >= 11 is 0. The summed E-state index contributed by atoms with van der Waals surface area (Å²) in [5.74, 6) is -3.30. The SMILES string of the molecule is NC(=O)c1cc(F)ncc1OC(F)(F)F. The second kappa shape index (κ2) is 3.71. The van der Waals surface area contributed by atoms with Gasteiger partial charge in [-0.25, -0.2) is 4.98 Å². The minimum absolute atomic E-state index is 0.433. The molecule has 1 aromatic heterocycles. The molecule has 4 nitrogen and oxygen atoms in total. The van der Waals surface area contributed by atoms with Crippen molar-refractivity contribution in [1.29, 1.82) is 0 Å². The zero-order chi connectivity index (χ0) is 11.6. The van der Waals surface area contributed by atoms with Gasteiger partial charge in [0.1, 0.15) is 0 Å². The zero-order valence-corrected chi connectivity index (χ0v) is 7.01. The number of alkyl halides is 3. The highest BCUT2D eigenvalue weighted by Crippen LogP contribution is 2.25. The van der Waals surface area contributed by atoms with Gasteiger partial charge in [0.15, 0.2) is 5.75 Å². The van der Waals surface area contributed by atoms with Crippen LogP contribution in [0.5, 0.6) is 5.75 Å². The number of nitrogens with zero attached hydrogens (tertiary/aromatic N) is 1. The second-order valence-electron chi connectivity index (χ2n) is 2.42. The van der Waals surface area contributed by atoms with Gasteiger partial charge in [0.25, 0.3) is 5.91 Å². The number of hydrogen-bond acceptors (Lipinski definition) is 3. The third-order valence-electron chi connectivity index (χ3n) is 1.33. The number of nitrogens with two attached hydrogens (primary N) is 1. The van der Waals surface area contributed by atoms with E-state index in [1.165, 1.54) is 0 Å². The number of pyridine rings is 1. The number of ether oxygens (including phenoxy) is 1. The average Bonchev–Trinajstić information content (AvgIpc) is 2.05. The van der Waals surface area contributed by atoms with Gasteiger partial charge >= 0.3 is 6.36 Å². The Morgan fingerprint density at radius 3 is 2.53 bits per heavy atom. The third-order valence-corrected chi connectivity index (χ3v) is 1.33.